The number of esters is 2. The maximum absolute atomic E-state index is 14.9. The van der Waals surface area contributed by atoms with Crippen molar-refractivity contribution in [1.82, 2.24) is 9.78 Å². The van der Waals surface area contributed by atoms with Crippen LogP contribution in [0.5, 0.6) is 5.75 Å². The van der Waals surface area contributed by atoms with E-state index in [-0.39, 0.29) is 5.69 Å². The SMILES string of the molecule is COC(=O)c1c(-c2ccc(F)c(OC(F)(F)F)c2F)nn(-c2ccccc2)c1C(=O)OC. The van der Waals surface area contributed by atoms with Gasteiger partial charge in [-0.2, -0.15) is 5.10 Å². The van der Waals surface area contributed by atoms with E-state index in [0.717, 1.165) is 25.0 Å². The van der Waals surface area contributed by atoms with Gasteiger partial charge < -0.3 is 14.2 Å². The van der Waals surface area contributed by atoms with E-state index in [0.29, 0.717) is 6.07 Å². The molecule has 0 aliphatic heterocycles. The van der Waals surface area contributed by atoms with Crippen LogP contribution in [0.4, 0.5) is 22.0 Å². The summed E-state index contributed by atoms with van der Waals surface area (Å²) in [6.45, 7) is 0. The Hall–Kier alpha value is -3.96. The van der Waals surface area contributed by atoms with E-state index >= 15 is 0 Å². The molecule has 2 aromatic carbocycles. The van der Waals surface area contributed by atoms with Gasteiger partial charge in [0.2, 0.25) is 5.75 Å². The summed E-state index contributed by atoms with van der Waals surface area (Å²) in [5.74, 6) is -7.41. The molecule has 3 aromatic rings. The first-order chi connectivity index (χ1) is 15.1. The molecular weight excluding hydrogens is 443 g/mol. The maximum atomic E-state index is 14.9. The lowest BCUT2D eigenvalue weighted by atomic mass is 10.0. The molecule has 7 nitrogen and oxygen atoms in total. The lowest BCUT2D eigenvalue weighted by Crippen LogP contribution is -2.19. The summed E-state index contributed by atoms with van der Waals surface area (Å²) in [7, 11) is 1.98. The third kappa shape index (κ3) is 4.24. The highest BCUT2D eigenvalue weighted by molar-refractivity contribution is 6.06. The molecule has 0 saturated heterocycles. The Balaban J connectivity index is 2.37. The highest BCUT2D eigenvalue weighted by Crippen LogP contribution is 2.37. The van der Waals surface area contributed by atoms with Crippen LogP contribution in [0, 0.1) is 11.6 Å². The van der Waals surface area contributed by atoms with Crippen molar-refractivity contribution in [2.45, 2.75) is 6.36 Å². The summed E-state index contributed by atoms with van der Waals surface area (Å²) in [4.78, 5) is 25.0. The van der Waals surface area contributed by atoms with Crippen molar-refractivity contribution < 1.29 is 45.8 Å². The second-order valence-corrected chi connectivity index (χ2v) is 6.09. The standard InChI is InChI=1S/C20H13F5N2O5/c1-30-18(28)13-15(11-8-9-12(21)17(14(11)22)32-20(23,24)25)26-27(16(13)19(29)31-2)10-6-4-3-5-7-10/h3-9H,1-2H3. The summed E-state index contributed by atoms with van der Waals surface area (Å²) in [5.41, 5.74) is -2.19. The number of carbonyl (C=O) groups excluding carboxylic acids is 2. The van der Waals surface area contributed by atoms with Crippen LogP contribution in [0.1, 0.15) is 20.8 Å². The number of ether oxygens (including phenoxy) is 3. The van der Waals surface area contributed by atoms with E-state index < -0.39 is 58.2 Å². The van der Waals surface area contributed by atoms with Gasteiger partial charge in [0.1, 0.15) is 11.3 Å². The molecule has 0 fully saturated rings. The average molecular weight is 456 g/mol. The quantitative estimate of drug-likeness (QED) is 0.421. The number of hydrogen-bond donors (Lipinski definition) is 0. The summed E-state index contributed by atoms with van der Waals surface area (Å²) >= 11 is 0. The smallest absolute Gasteiger partial charge is 0.465 e. The predicted molar refractivity (Wildman–Crippen MR) is 98.3 cm³/mol. The number of aromatic nitrogens is 2. The fourth-order valence-electron chi connectivity index (χ4n) is 2.87. The number of benzene rings is 2. The molecule has 0 N–H and O–H groups in total. The molecule has 0 aliphatic rings. The van der Waals surface area contributed by atoms with Crippen LogP contribution in [0.25, 0.3) is 16.9 Å². The lowest BCUT2D eigenvalue weighted by molar-refractivity contribution is -0.276. The molecule has 0 saturated carbocycles. The molecule has 0 unspecified atom stereocenters. The largest absolute Gasteiger partial charge is 0.573 e. The van der Waals surface area contributed by atoms with Gasteiger partial charge in [-0.15, -0.1) is 13.2 Å². The number of carbonyl (C=O) groups is 2. The number of nitrogens with zero attached hydrogens (tertiary/aromatic N) is 2. The van der Waals surface area contributed by atoms with Gasteiger partial charge in [0.05, 0.1) is 19.9 Å². The number of hydrogen-bond acceptors (Lipinski definition) is 6. The van der Waals surface area contributed by atoms with Crippen molar-refractivity contribution in [1.29, 1.82) is 0 Å². The Labute approximate surface area is 176 Å². The van der Waals surface area contributed by atoms with E-state index in [1.165, 1.54) is 12.1 Å². The van der Waals surface area contributed by atoms with Gasteiger partial charge in [-0.05, 0) is 24.3 Å². The first kappa shape index (κ1) is 22.7. The highest BCUT2D eigenvalue weighted by atomic mass is 19.4. The van der Waals surface area contributed by atoms with Crippen molar-refractivity contribution in [3.8, 4) is 22.7 Å². The van der Waals surface area contributed by atoms with Crippen LogP contribution in [0.3, 0.4) is 0 Å². The second-order valence-electron chi connectivity index (χ2n) is 6.09. The summed E-state index contributed by atoms with van der Waals surface area (Å²) in [6, 6.07) is 9.02. The Morgan fingerprint density at radius 2 is 1.56 bits per heavy atom. The van der Waals surface area contributed by atoms with Crippen molar-refractivity contribution in [3.05, 3.63) is 65.4 Å². The minimum atomic E-state index is -5.40. The molecule has 1 aromatic heterocycles. The Morgan fingerprint density at radius 1 is 0.938 bits per heavy atom. The van der Waals surface area contributed by atoms with E-state index in [1.807, 2.05) is 0 Å². The maximum Gasteiger partial charge on any atom is 0.573 e. The minimum absolute atomic E-state index is 0.235. The van der Waals surface area contributed by atoms with Crippen LogP contribution in [0.2, 0.25) is 0 Å². The first-order valence-corrected chi connectivity index (χ1v) is 8.68. The van der Waals surface area contributed by atoms with Gasteiger partial charge in [-0.3, -0.25) is 0 Å². The normalized spacial score (nSPS) is 11.2. The third-order valence-corrected chi connectivity index (χ3v) is 4.18. The van der Waals surface area contributed by atoms with Crippen LogP contribution in [0.15, 0.2) is 42.5 Å². The Kier molecular flexibility index (Phi) is 6.14. The first-order valence-electron chi connectivity index (χ1n) is 8.68. The van der Waals surface area contributed by atoms with E-state index in [1.54, 1.807) is 18.2 Å². The zero-order valence-electron chi connectivity index (χ0n) is 16.4. The van der Waals surface area contributed by atoms with E-state index in [2.05, 4.69) is 19.3 Å². The molecule has 0 aliphatic carbocycles. The monoisotopic (exact) mass is 456 g/mol. The molecule has 0 atom stereocenters. The fourth-order valence-corrected chi connectivity index (χ4v) is 2.87. The predicted octanol–water partition coefficient (Wildman–Crippen LogP) is 4.29. The number of rotatable bonds is 5. The molecular formula is C20H13F5N2O5. The molecule has 0 spiro atoms. The van der Waals surface area contributed by atoms with Crippen molar-refractivity contribution >= 4 is 11.9 Å². The fraction of sp³-hybridized carbons (Fsp3) is 0.150. The van der Waals surface area contributed by atoms with Crippen molar-refractivity contribution in [2.75, 3.05) is 14.2 Å². The molecule has 12 heteroatoms. The molecule has 168 valence electrons. The van der Waals surface area contributed by atoms with E-state index in [9.17, 15) is 31.5 Å². The number of alkyl halides is 3. The Bertz CT molecular complexity index is 1180. The lowest BCUT2D eigenvalue weighted by Gasteiger charge is -2.12. The summed E-state index contributed by atoms with van der Waals surface area (Å²) < 4.78 is 80.4. The third-order valence-electron chi connectivity index (χ3n) is 4.18. The van der Waals surface area contributed by atoms with Gasteiger partial charge in [0, 0.05) is 5.56 Å². The zero-order chi connectivity index (χ0) is 23.6. The van der Waals surface area contributed by atoms with Crippen LogP contribution in [-0.4, -0.2) is 42.3 Å². The van der Waals surface area contributed by atoms with Gasteiger partial charge >= 0.3 is 18.3 Å². The zero-order valence-corrected chi connectivity index (χ0v) is 16.4. The van der Waals surface area contributed by atoms with Crippen molar-refractivity contribution in [2.24, 2.45) is 0 Å². The van der Waals surface area contributed by atoms with Crippen LogP contribution >= 0.6 is 0 Å². The Morgan fingerprint density at radius 3 is 2.12 bits per heavy atom. The molecule has 3 rings (SSSR count). The minimum Gasteiger partial charge on any atom is -0.465 e. The molecule has 0 bridgehead atoms. The number of methoxy groups -OCH3 is 2. The molecule has 0 radical (unpaired) electrons. The van der Waals surface area contributed by atoms with Gasteiger partial charge in [-0.25, -0.2) is 23.1 Å². The molecule has 1 heterocycles. The summed E-state index contributed by atoms with van der Waals surface area (Å²) in [6.07, 6.45) is -5.40. The second kappa shape index (κ2) is 8.65. The number of para-hydroxylation sites is 1. The van der Waals surface area contributed by atoms with Crippen molar-refractivity contribution in [3.63, 3.8) is 0 Å². The van der Waals surface area contributed by atoms with Crippen LogP contribution in [-0.2, 0) is 9.47 Å². The topological polar surface area (TPSA) is 79.7 Å². The molecule has 32 heavy (non-hydrogen) atoms. The average Bonchev–Trinajstić information content (AvgIpc) is 3.16. The highest BCUT2D eigenvalue weighted by Gasteiger charge is 2.37. The van der Waals surface area contributed by atoms with E-state index in [4.69, 9.17) is 0 Å². The van der Waals surface area contributed by atoms with Gasteiger partial charge in [0.25, 0.3) is 0 Å². The van der Waals surface area contributed by atoms with Gasteiger partial charge in [0.15, 0.2) is 17.3 Å². The van der Waals surface area contributed by atoms with Crippen LogP contribution < -0.4 is 4.74 Å². The molecule has 0 amide bonds. The van der Waals surface area contributed by atoms with Gasteiger partial charge in [-0.1, -0.05) is 18.2 Å². The summed E-state index contributed by atoms with van der Waals surface area (Å²) in [5, 5.41) is 4.03. The number of halogens is 5.